The van der Waals surface area contributed by atoms with E-state index in [-0.39, 0.29) is 23.7 Å². The molecule has 1 amide bonds. The quantitative estimate of drug-likeness (QED) is 0.633. The molecular weight excluding hydrogens is 471 g/mol. The molecule has 2 aliphatic carbocycles. The van der Waals surface area contributed by atoms with Gasteiger partial charge in [0.1, 0.15) is 11.5 Å². The van der Waals surface area contributed by atoms with Crippen LogP contribution >= 0.6 is 0 Å². The number of imidazole rings is 1. The number of hydrogen-bond donors (Lipinski definition) is 0. The van der Waals surface area contributed by atoms with Crippen molar-refractivity contribution in [2.45, 2.75) is 32.4 Å². The maximum absolute atomic E-state index is 13.8. The molecule has 192 valence electrons. The molecule has 0 bridgehead atoms. The number of alkyl halides is 3. The summed E-state index contributed by atoms with van der Waals surface area (Å²) in [4.78, 5) is 21.8. The fraction of sp³-hybridized carbons (Fsp3) is 0.577. The number of carbonyl (C=O) groups is 1. The summed E-state index contributed by atoms with van der Waals surface area (Å²) in [6, 6.07) is 3.77. The molecule has 2 aromatic rings. The maximum atomic E-state index is 13.8. The minimum Gasteiger partial charge on any atom is -0.378 e. The predicted molar refractivity (Wildman–Crippen MR) is 128 cm³/mol. The fourth-order valence-corrected chi connectivity index (χ4v) is 6.67. The summed E-state index contributed by atoms with van der Waals surface area (Å²) in [6.07, 6.45) is 3.80. The number of fused-ring (bicyclic) bond motifs is 2. The first kappa shape index (κ1) is 23.5. The van der Waals surface area contributed by atoms with Crippen LogP contribution < -0.4 is 4.90 Å². The molecule has 0 N–H and O–H groups in total. The van der Waals surface area contributed by atoms with E-state index in [1.807, 2.05) is 23.1 Å². The number of aromatic nitrogens is 3. The number of likely N-dealkylation sites (tertiary alicyclic amines) is 1. The monoisotopic (exact) mass is 501 g/mol. The number of halogens is 3. The summed E-state index contributed by atoms with van der Waals surface area (Å²) in [6.45, 7) is 5.76. The third-order valence-corrected chi connectivity index (χ3v) is 8.66. The van der Waals surface area contributed by atoms with E-state index in [0.29, 0.717) is 56.9 Å². The summed E-state index contributed by atoms with van der Waals surface area (Å²) in [5.74, 6) is 1.09. The van der Waals surface area contributed by atoms with Gasteiger partial charge in [0.05, 0.1) is 19.4 Å². The Morgan fingerprint density at radius 3 is 2.56 bits per heavy atom. The lowest BCUT2D eigenvalue weighted by Crippen LogP contribution is -2.37. The van der Waals surface area contributed by atoms with E-state index in [2.05, 4.69) is 15.0 Å². The molecule has 4 aliphatic rings. The van der Waals surface area contributed by atoms with E-state index in [0.717, 1.165) is 18.9 Å². The van der Waals surface area contributed by atoms with E-state index in [1.165, 1.54) is 12.2 Å². The van der Waals surface area contributed by atoms with Crippen LogP contribution in [0.4, 0.5) is 19.0 Å². The minimum atomic E-state index is -4.32. The molecule has 7 nitrogen and oxygen atoms in total. The molecule has 2 aromatic heterocycles. The molecule has 36 heavy (non-hydrogen) atoms. The van der Waals surface area contributed by atoms with Gasteiger partial charge < -0.3 is 14.5 Å². The number of nitrogens with zero attached hydrogens (tertiary/aromatic N) is 5. The van der Waals surface area contributed by atoms with E-state index >= 15 is 0 Å². The molecule has 1 saturated carbocycles. The number of morpholine rings is 1. The zero-order valence-corrected chi connectivity index (χ0v) is 20.2. The number of anilines is 1. The Labute approximate surface area is 207 Å². The molecule has 3 fully saturated rings. The normalized spacial score (nSPS) is 30.7. The third kappa shape index (κ3) is 3.99. The zero-order chi connectivity index (χ0) is 25.1. The topological polar surface area (TPSA) is 63.0 Å². The van der Waals surface area contributed by atoms with Gasteiger partial charge in [0, 0.05) is 37.2 Å². The number of ether oxygens (including phenoxy) is 1. The Kier molecular flexibility index (Phi) is 5.62. The van der Waals surface area contributed by atoms with Crippen molar-refractivity contribution in [2.75, 3.05) is 44.3 Å². The standard InChI is InChI=1S/C26H30F3N5O2/c1-25(7-3-2-4-21(25)26(27,28)29)19-12-17-14-33(15-18(17)13-19)24(35)20-16-34-22(30-20)5-6-23(31-34)32-8-10-36-11-9-32/h2-6,16-19H,7-15H2,1H3/t17-,18+,19-,25?. The van der Waals surface area contributed by atoms with E-state index in [4.69, 9.17) is 4.74 Å². The first-order valence-corrected chi connectivity index (χ1v) is 12.7. The summed E-state index contributed by atoms with van der Waals surface area (Å²) >= 11 is 0. The highest BCUT2D eigenvalue weighted by Crippen LogP contribution is 2.56. The van der Waals surface area contributed by atoms with Gasteiger partial charge >= 0.3 is 6.18 Å². The van der Waals surface area contributed by atoms with Crippen LogP contribution in [0.5, 0.6) is 0 Å². The second-order valence-corrected chi connectivity index (χ2v) is 10.7. The molecule has 6 rings (SSSR count). The average molecular weight is 502 g/mol. The van der Waals surface area contributed by atoms with Crippen molar-refractivity contribution in [3.8, 4) is 0 Å². The van der Waals surface area contributed by atoms with Crippen LogP contribution in [0.25, 0.3) is 5.65 Å². The first-order chi connectivity index (χ1) is 17.2. The highest BCUT2D eigenvalue weighted by molar-refractivity contribution is 5.93. The Hall–Kier alpha value is -2.88. The van der Waals surface area contributed by atoms with E-state index in [9.17, 15) is 18.0 Å². The summed E-state index contributed by atoms with van der Waals surface area (Å²) in [5.41, 5.74) is -0.356. The second-order valence-electron chi connectivity index (χ2n) is 10.7. The molecular formula is C26H30F3N5O2. The fourth-order valence-electron chi connectivity index (χ4n) is 6.67. The molecule has 2 saturated heterocycles. The molecule has 1 unspecified atom stereocenters. The lowest BCUT2D eigenvalue weighted by molar-refractivity contribution is -0.111. The zero-order valence-electron chi connectivity index (χ0n) is 20.2. The number of rotatable bonds is 3. The van der Waals surface area contributed by atoms with E-state index in [1.54, 1.807) is 17.6 Å². The van der Waals surface area contributed by atoms with Gasteiger partial charge in [-0.25, -0.2) is 9.50 Å². The highest BCUT2D eigenvalue weighted by Gasteiger charge is 2.54. The van der Waals surface area contributed by atoms with Crippen LogP contribution in [-0.4, -0.2) is 71.0 Å². The predicted octanol–water partition coefficient (Wildman–Crippen LogP) is 4.12. The van der Waals surface area contributed by atoms with Gasteiger partial charge in [-0.15, -0.1) is 5.10 Å². The molecule has 0 spiro atoms. The minimum absolute atomic E-state index is 0.0411. The van der Waals surface area contributed by atoms with Crippen LogP contribution in [-0.2, 0) is 4.74 Å². The van der Waals surface area contributed by atoms with Crippen molar-refractivity contribution in [1.29, 1.82) is 0 Å². The SMILES string of the molecule is CC1([C@@H]2C[C@@H]3CN(C(=O)c4cn5nc(N6CCOCC6)ccc5n4)C[C@@H]3C2)CC=CC=C1C(F)(F)F. The van der Waals surface area contributed by atoms with Crippen molar-refractivity contribution in [3.05, 3.63) is 47.8 Å². The Balaban J connectivity index is 1.14. The molecule has 4 atom stereocenters. The summed E-state index contributed by atoms with van der Waals surface area (Å²) in [7, 11) is 0. The third-order valence-electron chi connectivity index (χ3n) is 8.66. The smallest absolute Gasteiger partial charge is 0.378 e. The number of carbonyl (C=O) groups excluding carboxylic acids is 1. The van der Waals surface area contributed by atoms with Crippen LogP contribution in [0.3, 0.4) is 0 Å². The molecule has 0 aromatic carbocycles. The maximum Gasteiger partial charge on any atom is 0.413 e. The Morgan fingerprint density at radius 1 is 1.14 bits per heavy atom. The van der Waals surface area contributed by atoms with Gasteiger partial charge in [-0.3, -0.25) is 4.79 Å². The average Bonchev–Trinajstić information content (AvgIpc) is 3.56. The van der Waals surface area contributed by atoms with Gasteiger partial charge in [0.15, 0.2) is 5.65 Å². The van der Waals surface area contributed by atoms with E-state index < -0.39 is 17.2 Å². The Bertz CT molecular complexity index is 1220. The van der Waals surface area contributed by atoms with Gasteiger partial charge in [0.2, 0.25) is 0 Å². The van der Waals surface area contributed by atoms with Crippen molar-refractivity contribution in [1.82, 2.24) is 19.5 Å². The van der Waals surface area contributed by atoms with Gasteiger partial charge in [-0.05, 0) is 49.1 Å². The van der Waals surface area contributed by atoms with Crippen molar-refractivity contribution in [3.63, 3.8) is 0 Å². The molecule has 10 heteroatoms. The van der Waals surface area contributed by atoms with Gasteiger partial charge in [0.25, 0.3) is 5.91 Å². The van der Waals surface area contributed by atoms with Crippen LogP contribution in [0, 0.1) is 23.2 Å². The van der Waals surface area contributed by atoms with Crippen molar-refractivity contribution >= 4 is 17.4 Å². The number of amides is 1. The van der Waals surface area contributed by atoms with Crippen molar-refractivity contribution < 1.29 is 22.7 Å². The van der Waals surface area contributed by atoms with Crippen LogP contribution in [0.15, 0.2) is 42.1 Å². The number of hydrogen-bond acceptors (Lipinski definition) is 5. The second kappa shape index (κ2) is 8.61. The summed E-state index contributed by atoms with van der Waals surface area (Å²) < 4.78 is 48.4. The molecule has 4 heterocycles. The first-order valence-electron chi connectivity index (χ1n) is 12.7. The molecule has 2 aliphatic heterocycles. The van der Waals surface area contributed by atoms with Gasteiger partial charge in [-0.2, -0.15) is 13.2 Å². The Morgan fingerprint density at radius 2 is 1.86 bits per heavy atom. The van der Waals surface area contributed by atoms with Crippen LogP contribution in [0.2, 0.25) is 0 Å². The van der Waals surface area contributed by atoms with Crippen LogP contribution in [0.1, 0.15) is 36.7 Å². The van der Waals surface area contributed by atoms with Gasteiger partial charge in [-0.1, -0.05) is 25.2 Å². The van der Waals surface area contributed by atoms with Crippen molar-refractivity contribution in [2.24, 2.45) is 23.2 Å². The lowest BCUT2D eigenvalue weighted by atomic mass is 9.66. The highest BCUT2D eigenvalue weighted by atomic mass is 19.4. The number of allylic oxidation sites excluding steroid dienone is 4. The lowest BCUT2D eigenvalue weighted by Gasteiger charge is -2.40. The largest absolute Gasteiger partial charge is 0.413 e. The molecule has 0 radical (unpaired) electrons. The summed E-state index contributed by atoms with van der Waals surface area (Å²) in [5, 5.41) is 4.63.